The molecule has 6 heteroatoms. The van der Waals surface area contributed by atoms with Crippen LogP contribution in [0.15, 0.2) is 58.9 Å². The van der Waals surface area contributed by atoms with Gasteiger partial charge in [-0.3, -0.25) is 4.79 Å². The van der Waals surface area contributed by atoms with Gasteiger partial charge in [-0.05, 0) is 60.1 Å². The summed E-state index contributed by atoms with van der Waals surface area (Å²) in [5, 5.41) is 5.24. The van der Waals surface area contributed by atoms with Crippen molar-refractivity contribution in [2.24, 2.45) is 0 Å². The lowest BCUT2D eigenvalue weighted by Crippen LogP contribution is -2.14. The number of benzene rings is 2. The molecule has 0 aliphatic carbocycles. The number of carbonyl (C=O) groups is 1. The van der Waals surface area contributed by atoms with E-state index < -0.39 is 5.82 Å². The number of hydrogen-bond donors (Lipinski definition) is 1. The molecular formula is C19H16Cl2FNOS. The number of anilines is 1. The Morgan fingerprint density at radius 2 is 1.88 bits per heavy atom. The Bertz CT molecular complexity index is 864. The molecule has 0 saturated heterocycles. The van der Waals surface area contributed by atoms with Gasteiger partial charge in [0.25, 0.3) is 5.91 Å². The molecule has 1 N–H and O–H groups in total. The summed E-state index contributed by atoms with van der Waals surface area (Å²) in [6.07, 6.45) is 0. The molecule has 0 aliphatic heterocycles. The van der Waals surface area contributed by atoms with Crippen molar-refractivity contribution in [3.8, 4) is 11.1 Å². The van der Waals surface area contributed by atoms with Crippen molar-refractivity contribution in [1.82, 2.24) is 0 Å². The third-order valence-corrected chi connectivity index (χ3v) is 5.15. The number of thioether (sulfide) groups is 1. The molecule has 0 bridgehead atoms. The minimum Gasteiger partial charge on any atom is -0.322 e. The molecule has 2 rings (SSSR count). The number of nitrogens with one attached hydrogen (secondary N) is 1. The van der Waals surface area contributed by atoms with Crippen molar-refractivity contribution >= 4 is 46.6 Å². The SMILES string of the molecule is C=CS/C(C)=C(\C)C(=O)Nc1ccc(F)cc1-c1ccc(Cl)c(Cl)c1. The van der Waals surface area contributed by atoms with Crippen LogP contribution in [0, 0.1) is 5.82 Å². The standard InChI is InChI=1S/C19H16Cl2FNOS/c1-4-25-12(3)11(2)19(24)23-18-8-6-14(22)10-15(18)13-5-7-16(20)17(21)9-13/h4-10H,1H2,2-3H3,(H,23,24)/b12-11+. The molecule has 0 fully saturated rings. The zero-order valence-electron chi connectivity index (χ0n) is 13.7. The van der Waals surface area contributed by atoms with Gasteiger partial charge in [-0.15, -0.1) is 11.8 Å². The highest BCUT2D eigenvalue weighted by molar-refractivity contribution is 8.05. The normalized spacial score (nSPS) is 11.7. The first-order valence-corrected chi connectivity index (χ1v) is 8.98. The highest BCUT2D eigenvalue weighted by Crippen LogP contribution is 2.33. The first kappa shape index (κ1) is 19.6. The van der Waals surface area contributed by atoms with Gasteiger partial charge in [0.05, 0.1) is 10.0 Å². The predicted octanol–water partition coefficient (Wildman–Crippen LogP) is 6.91. The van der Waals surface area contributed by atoms with E-state index in [1.165, 1.54) is 30.0 Å². The largest absolute Gasteiger partial charge is 0.322 e. The molecule has 25 heavy (non-hydrogen) atoms. The fourth-order valence-electron chi connectivity index (χ4n) is 2.12. The van der Waals surface area contributed by atoms with Gasteiger partial charge in [0, 0.05) is 16.8 Å². The van der Waals surface area contributed by atoms with Crippen LogP contribution in [0.3, 0.4) is 0 Å². The number of rotatable bonds is 5. The van der Waals surface area contributed by atoms with Crippen LogP contribution in [0.1, 0.15) is 13.8 Å². The van der Waals surface area contributed by atoms with Crippen molar-refractivity contribution in [3.05, 3.63) is 74.7 Å². The molecule has 2 aromatic carbocycles. The van der Waals surface area contributed by atoms with Gasteiger partial charge < -0.3 is 5.32 Å². The smallest absolute Gasteiger partial charge is 0.252 e. The van der Waals surface area contributed by atoms with Crippen LogP contribution in [0.25, 0.3) is 11.1 Å². The average molecular weight is 396 g/mol. The monoisotopic (exact) mass is 395 g/mol. The van der Waals surface area contributed by atoms with Crippen LogP contribution >= 0.6 is 35.0 Å². The van der Waals surface area contributed by atoms with E-state index in [9.17, 15) is 9.18 Å². The molecule has 0 heterocycles. The van der Waals surface area contributed by atoms with Crippen molar-refractivity contribution < 1.29 is 9.18 Å². The third-order valence-electron chi connectivity index (χ3n) is 3.59. The topological polar surface area (TPSA) is 29.1 Å². The lowest BCUT2D eigenvalue weighted by atomic mass is 10.0. The van der Waals surface area contributed by atoms with Crippen molar-refractivity contribution in [2.75, 3.05) is 5.32 Å². The lowest BCUT2D eigenvalue weighted by Gasteiger charge is -2.13. The van der Waals surface area contributed by atoms with E-state index in [2.05, 4.69) is 11.9 Å². The molecule has 0 spiro atoms. The zero-order chi connectivity index (χ0) is 18.6. The molecule has 0 atom stereocenters. The highest BCUT2D eigenvalue weighted by atomic mass is 35.5. The van der Waals surface area contributed by atoms with Gasteiger partial charge in [0.1, 0.15) is 5.82 Å². The molecule has 0 radical (unpaired) electrons. The van der Waals surface area contributed by atoms with E-state index in [-0.39, 0.29) is 5.91 Å². The molecule has 2 nitrogen and oxygen atoms in total. The Hall–Kier alpha value is -1.75. The van der Waals surface area contributed by atoms with Crippen molar-refractivity contribution in [1.29, 1.82) is 0 Å². The minimum absolute atomic E-state index is 0.264. The summed E-state index contributed by atoms with van der Waals surface area (Å²) >= 11 is 13.4. The van der Waals surface area contributed by atoms with Crippen LogP contribution < -0.4 is 5.32 Å². The fraction of sp³-hybridized carbons (Fsp3) is 0.105. The first-order chi connectivity index (χ1) is 11.8. The summed E-state index contributed by atoms with van der Waals surface area (Å²) < 4.78 is 13.7. The molecular weight excluding hydrogens is 380 g/mol. The fourth-order valence-corrected chi connectivity index (χ4v) is 2.93. The summed E-state index contributed by atoms with van der Waals surface area (Å²) in [4.78, 5) is 13.3. The Morgan fingerprint density at radius 3 is 2.52 bits per heavy atom. The second-order valence-electron chi connectivity index (χ2n) is 5.24. The van der Waals surface area contributed by atoms with E-state index in [4.69, 9.17) is 23.2 Å². The summed E-state index contributed by atoms with van der Waals surface area (Å²) in [6.45, 7) is 7.20. The van der Waals surface area contributed by atoms with Gasteiger partial charge in [0.2, 0.25) is 0 Å². The molecule has 0 unspecified atom stereocenters. The summed E-state index contributed by atoms with van der Waals surface area (Å²) in [7, 11) is 0. The molecule has 1 amide bonds. The number of halogens is 3. The molecule has 130 valence electrons. The van der Waals surface area contributed by atoms with Crippen molar-refractivity contribution in [3.63, 3.8) is 0 Å². The average Bonchev–Trinajstić information content (AvgIpc) is 2.58. The van der Waals surface area contributed by atoms with E-state index in [0.717, 1.165) is 4.91 Å². The Balaban J connectivity index is 2.42. The van der Waals surface area contributed by atoms with Gasteiger partial charge in [-0.25, -0.2) is 4.39 Å². The Labute approximate surface area is 160 Å². The van der Waals surface area contributed by atoms with E-state index in [1.54, 1.807) is 30.5 Å². The van der Waals surface area contributed by atoms with Crippen LogP contribution in [-0.2, 0) is 4.79 Å². The molecule has 2 aromatic rings. The van der Waals surface area contributed by atoms with E-state index >= 15 is 0 Å². The van der Waals surface area contributed by atoms with Gasteiger partial charge in [-0.2, -0.15) is 0 Å². The second kappa shape index (κ2) is 8.56. The Morgan fingerprint density at radius 1 is 1.16 bits per heavy atom. The predicted molar refractivity (Wildman–Crippen MR) is 107 cm³/mol. The zero-order valence-corrected chi connectivity index (χ0v) is 16.0. The second-order valence-corrected chi connectivity index (χ2v) is 7.23. The molecule has 0 saturated carbocycles. The number of allylic oxidation sites excluding steroid dienone is 1. The lowest BCUT2D eigenvalue weighted by molar-refractivity contribution is -0.112. The maximum absolute atomic E-state index is 13.7. The number of carbonyl (C=O) groups excluding carboxylic acids is 1. The van der Waals surface area contributed by atoms with Gasteiger partial charge in [0.15, 0.2) is 0 Å². The highest BCUT2D eigenvalue weighted by Gasteiger charge is 2.13. The van der Waals surface area contributed by atoms with Crippen LogP contribution in [0.5, 0.6) is 0 Å². The molecule has 0 aliphatic rings. The van der Waals surface area contributed by atoms with E-state index in [0.29, 0.717) is 32.4 Å². The number of hydrogen-bond acceptors (Lipinski definition) is 2. The quantitative estimate of drug-likeness (QED) is 0.557. The van der Waals surface area contributed by atoms with Gasteiger partial charge >= 0.3 is 0 Å². The van der Waals surface area contributed by atoms with Gasteiger partial charge in [-0.1, -0.05) is 35.8 Å². The van der Waals surface area contributed by atoms with Crippen LogP contribution in [0.2, 0.25) is 10.0 Å². The number of amides is 1. The van der Waals surface area contributed by atoms with Crippen molar-refractivity contribution in [2.45, 2.75) is 13.8 Å². The summed E-state index contributed by atoms with van der Waals surface area (Å²) in [5.41, 5.74) is 2.23. The summed E-state index contributed by atoms with van der Waals surface area (Å²) in [6, 6.07) is 9.15. The minimum atomic E-state index is -0.412. The Kier molecular flexibility index (Phi) is 6.71. The third kappa shape index (κ3) is 4.88. The maximum atomic E-state index is 13.7. The van der Waals surface area contributed by atoms with E-state index in [1.807, 2.05) is 6.92 Å². The van der Waals surface area contributed by atoms with Crippen LogP contribution in [0.4, 0.5) is 10.1 Å². The molecule has 0 aromatic heterocycles. The summed E-state index contributed by atoms with van der Waals surface area (Å²) in [5.74, 6) is -0.676. The van der Waals surface area contributed by atoms with Crippen LogP contribution in [-0.4, -0.2) is 5.91 Å². The first-order valence-electron chi connectivity index (χ1n) is 7.35. The maximum Gasteiger partial charge on any atom is 0.252 e.